The van der Waals surface area contributed by atoms with Gasteiger partial charge in [-0.05, 0) is 50.2 Å². The van der Waals surface area contributed by atoms with Crippen molar-refractivity contribution in [1.82, 2.24) is 24.7 Å². The van der Waals surface area contributed by atoms with E-state index in [-0.39, 0.29) is 28.5 Å². The number of carbonyl (C=O) groups is 1. The lowest BCUT2D eigenvalue weighted by Gasteiger charge is -2.12. The number of pyridine rings is 1. The van der Waals surface area contributed by atoms with Gasteiger partial charge in [-0.2, -0.15) is 15.1 Å². The minimum atomic E-state index is -4.01. The van der Waals surface area contributed by atoms with Crippen molar-refractivity contribution in [3.63, 3.8) is 0 Å². The molecule has 0 saturated heterocycles. The fourth-order valence-electron chi connectivity index (χ4n) is 4.20. The van der Waals surface area contributed by atoms with Gasteiger partial charge >= 0.3 is 6.01 Å². The Morgan fingerprint density at radius 2 is 1.73 bits per heavy atom. The third-order valence-corrected chi connectivity index (χ3v) is 7.61. The molecule has 0 aliphatic heterocycles. The van der Waals surface area contributed by atoms with Gasteiger partial charge in [-0.1, -0.05) is 18.2 Å². The first-order valence-electron chi connectivity index (χ1n) is 12.6. The number of methoxy groups -OCH3 is 2. The highest BCUT2D eigenvalue weighted by atomic mass is 32.2. The number of nitrogens with zero attached hydrogens (tertiary/aromatic N) is 5. The first kappa shape index (κ1) is 27.5. The molecule has 5 aromatic rings. The van der Waals surface area contributed by atoms with Crippen LogP contribution in [0.2, 0.25) is 0 Å². The van der Waals surface area contributed by atoms with Crippen LogP contribution in [0.3, 0.4) is 0 Å². The first-order valence-corrected chi connectivity index (χ1v) is 14.0. The molecule has 0 spiro atoms. The third kappa shape index (κ3) is 5.79. The Kier molecular flexibility index (Phi) is 7.53. The summed E-state index contributed by atoms with van der Waals surface area (Å²) in [6.45, 7) is 4.62. The van der Waals surface area contributed by atoms with Gasteiger partial charge in [0.25, 0.3) is 15.9 Å². The molecule has 2 N–H and O–H groups in total. The summed E-state index contributed by atoms with van der Waals surface area (Å²) in [5, 5.41) is 8.05. The van der Waals surface area contributed by atoms with Crippen LogP contribution in [0.1, 0.15) is 23.0 Å². The Bertz CT molecular complexity index is 1830. The zero-order valence-corrected chi connectivity index (χ0v) is 23.6. The second-order valence-electron chi connectivity index (χ2n) is 8.92. The van der Waals surface area contributed by atoms with E-state index >= 15 is 0 Å². The van der Waals surface area contributed by atoms with Crippen molar-refractivity contribution in [2.75, 3.05) is 24.3 Å². The van der Waals surface area contributed by atoms with E-state index < -0.39 is 10.0 Å². The van der Waals surface area contributed by atoms with E-state index in [1.807, 2.05) is 49.0 Å². The van der Waals surface area contributed by atoms with Gasteiger partial charge in [0.2, 0.25) is 5.88 Å². The quantitative estimate of drug-likeness (QED) is 0.263. The molecule has 210 valence electrons. The van der Waals surface area contributed by atoms with Crippen LogP contribution in [0.25, 0.3) is 22.2 Å². The summed E-state index contributed by atoms with van der Waals surface area (Å²) < 4.78 is 40.2. The number of benzene rings is 2. The highest BCUT2D eigenvalue weighted by Crippen LogP contribution is 2.28. The van der Waals surface area contributed by atoms with E-state index in [4.69, 9.17) is 14.5 Å². The van der Waals surface area contributed by atoms with E-state index in [1.54, 1.807) is 6.07 Å². The zero-order chi connectivity index (χ0) is 29.1. The van der Waals surface area contributed by atoms with E-state index in [0.717, 1.165) is 11.3 Å². The number of sulfonamides is 1. The predicted octanol–water partition coefficient (Wildman–Crippen LogP) is 4.29. The minimum absolute atomic E-state index is 0.0221. The van der Waals surface area contributed by atoms with Gasteiger partial charge in [0.1, 0.15) is 0 Å². The van der Waals surface area contributed by atoms with Crippen molar-refractivity contribution in [1.29, 1.82) is 0 Å². The number of anilines is 2. The molecule has 0 radical (unpaired) electrons. The van der Waals surface area contributed by atoms with Crippen molar-refractivity contribution >= 4 is 38.3 Å². The molecule has 1 amide bonds. The van der Waals surface area contributed by atoms with Gasteiger partial charge in [0.15, 0.2) is 5.82 Å². The van der Waals surface area contributed by atoms with Crippen LogP contribution < -0.4 is 19.5 Å². The standard InChI is InChI=1S/C28H27N7O5S/c1-5-35-16-22(17(2)33-35)24-14-21(20-8-6-7-9-23(20)30-24)27(36)29-18-10-12-19(13-11-18)41(37,38)34-25-15-26(39-3)32-28(31-25)40-4/h6-16H,5H2,1-4H3,(H,29,36)(H,31,32,34). The van der Waals surface area contributed by atoms with Gasteiger partial charge < -0.3 is 14.8 Å². The molecule has 0 aliphatic carbocycles. The summed E-state index contributed by atoms with van der Waals surface area (Å²) in [5.74, 6) is -0.251. The number of aromatic nitrogens is 5. The average Bonchev–Trinajstić information content (AvgIpc) is 3.36. The average molecular weight is 574 g/mol. The summed E-state index contributed by atoms with van der Waals surface area (Å²) in [7, 11) is -1.26. The number of hydrogen-bond donors (Lipinski definition) is 2. The first-order chi connectivity index (χ1) is 19.7. The number of ether oxygens (including phenoxy) is 2. The fraction of sp³-hybridized carbons (Fsp3) is 0.179. The van der Waals surface area contributed by atoms with Crippen LogP contribution in [0.5, 0.6) is 11.9 Å². The molecular formula is C28H27N7O5S. The fourth-order valence-corrected chi connectivity index (χ4v) is 5.19. The minimum Gasteiger partial charge on any atom is -0.481 e. The maximum absolute atomic E-state index is 13.5. The van der Waals surface area contributed by atoms with Gasteiger partial charge in [-0.15, -0.1) is 0 Å². The van der Waals surface area contributed by atoms with Crippen LogP contribution in [0.15, 0.2) is 71.8 Å². The highest BCUT2D eigenvalue weighted by Gasteiger charge is 2.19. The predicted molar refractivity (Wildman–Crippen MR) is 154 cm³/mol. The molecule has 0 unspecified atom stereocenters. The van der Waals surface area contributed by atoms with Crippen LogP contribution in [-0.4, -0.2) is 53.3 Å². The Balaban J connectivity index is 1.40. The van der Waals surface area contributed by atoms with Crippen LogP contribution in [0, 0.1) is 6.92 Å². The smallest absolute Gasteiger partial charge is 0.321 e. The van der Waals surface area contributed by atoms with Gasteiger partial charge in [0.05, 0.1) is 41.6 Å². The summed E-state index contributed by atoms with van der Waals surface area (Å²) >= 11 is 0. The summed E-state index contributed by atoms with van der Waals surface area (Å²) in [5.41, 5.74) is 3.80. The maximum Gasteiger partial charge on any atom is 0.321 e. The Hall–Kier alpha value is -5.04. The monoisotopic (exact) mass is 573 g/mol. The normalized spacial score (nSPS) is 11.3. The summed E-state index contributed by atoms with van der Waals surface area (Å²) in [4.78, 5) is 26.2. The van der Waals surface area contributed by atoms with E-state index in [1.165, 1.54) is 44.6 Å². The Morgan fingerprint density at radius 1 is 0.976 bits per heavy atom. The van der Waals surface area contributed by atoms with Crippen LogP contribution in [-0.2, 0) is 16.6 Å². The molecule has 13 heteroatoms. The number of carbonyl (C=O) groups excluding carboxylic acids is 1. The molecule has 5 rings (SSSR count). The zero-order valence-electron chi connectivity index (χ0n) is 22.7. The lowest BCUT2D eigenvalue weighted by atomic mass is 10.0. The Labute approximate surface area is 236 Å². The molecule has 0 aliphatic rings. The highest BCUT2D eigenvalue weighted by molar-refractivity contribution is 7.92. The molecule has 0 atom stereocenters. The van der Waals surface area contributed by atoms with Crippen molar-refractivity contribution < 1.29 is 22.7 Å². The van der Waals surface area contributed by atoms with Crippen molar-refractivity contribution in [3.8, 4) is 23.1 Å². The summed E-state index contributed by atoms with van der Waals surface area (Å²) in [6.07, 6.45) is 1.91. The number of aryl methyl sites for hydroxylation is 2. The number of fused-ring (bicyclic) bond motifs is 1. The lowest BCUT2D eigenvalue weighted by molar-refractivity contribution is 0.102. The van der Waals surface area contributed by atoms with Gasteiger partial charge in [-0.25, -0.2) is 13.4 Å². The molecule has 2 aromatic carbocycles. The maximum atomic E-state index is 13.5. The third-order valence-electron chi connectivity index (χ3n) is 6.24. The topological polar surface area (TPSA) is 150 Å². The Morgan fingerprint density at radius 3 is 2.41 bits per heavy atom. The number of hydrogen-bond acceptors (Lipinski definition) is 9. The van der Waals surface area contributed by atoms with Crippen molar-refractivity contribution in [2.45, 2.75) is 25.3 Å². The van der Waals surface area contributed by atoms with Crippen LogP contribution in [0.4, 0.5) is 11.5 Å². The molecule has 12 nitrogen and oxygen atoms in total. The van der Waals surface area contributed by atoms with Crippen molar-refractivity contribution in [2.24, 2.45) is 0 Å². The lowest BCUT2D eigenvalue weighted by Crippen LogP contribution is -2.15. The molecule has 3 aromatic heterocycles. The van der Waals surface area contributed by atoms with E-state index in [0.29, 0.717) is 34.4 Å². The number of rotatable bonds is 9. The largest absolute Gasteiger partial charge is 0.481 e. The molecular weight excluding hydrogens is 546 g/mol. The van der Waals surface area contributed by atoms with E-state index in [2.05, 4.69) is 25.1 Å². The second kappa shape index (κ2) is 11.2. The van der Waals surface area contributed by atoms with Gasteiger partial charge in [-0.3, -0.25) is 14.2 Å². The molecule has 0 saturated carbocycles. The molecule has 3 heterocycles. The molecule has 41 heavy (non-hydrogen) atoms. The molecule has 0 fully saturated rings. The van der Waals surface area contributed by atoms with Crippen LogP contribution >= 0.6 is 0 Å². The number of amides is 1. The SMILES string of the molecule is CCn1cc(-c2cc(C(=O)Nc3ccc(S(=O)(=O)Nc4cc(OC)nc(OC)n4)cc3)c3ccccc3n2)c(C)n1. The summed E-state index contributed by atoms with van der Waals surface area (Å²) in [6, 6.07) is 16.2. The van der Waals surface area contributed by atoms with Gasteiger partial charge in [0, 0.05) is 35.4 Å². The number of nitrogens with one attached hydrogen (secondary N) is 2. The number of para-hydroxylation sites is 1. The molecule has 0 bridgehead atoms. The van der Waals surface area contributed by atoms with Crippen molar-refractivity contribution in [3.05, 3.63) is 78.1 Å². The van der Waals surface area contributed by atoms with E-state index in [9.17, 15) is 13.2 Å². The second-order valence-corrected chi connectivity index (χ2v) is 10.6.